The summed E-state index contributed by atoms with van der Waals surface area (Å²) in [5.41, 5.74) is 2.49. The van der Waals surface area contributed by atoms with Crippen LogP contribution in [0.2, 0.25) is 0 Å². The summed E-state index contributed by atoms with van der Waals surface area (Å²) in [5, 5.41) is 11.9. The lowest BCUT2D eigenvalue weighted by molar-refractivity contribution is 0.414. The van der Waals surface area contributed by atoms with Crippen molar-refractivity contribution in [2.75, 3.05) is 5.32 Å². The molecule has 1 fully saturated rings. The zero-order valence-corrected chi connectivity index (χ0v) is 16.3. The van der Waals surface area contributed by atoms with E-state index in [2.05, 4.69) is 62.9 Å². The van der Waals surface area contributed by atoms with Crippen LogP contribution in [0.15, 0.2) is 34.9 Å². The van der Waals surface area contributed by atoms with Gasteiger partial charge >= 0.3 is 0 Å². The van der Waals surface area contributed by atoms with Crippen molar-refractivity contribution in [2.24, 2.45) is 0 Å². The highest BCUT2D eigenvalue weighted by molar-refractivity contribution is 9.10. The van der Waals surface area contributed by atoms with E-state index in [0.717, 1.165) is 16.8 Å². The molecule has 0 aliphatic heterocycles. The normalized spacial score (nSPS) is 15.2. The standard InChI is InChI=1S/C18H23BrN4S/c1-13-7-9-14(10-8-13)11-23-12-16(19)17(22-23)21-18(24)20-15-5-3-2-4-6-15/h7-10,12,15H,2-6,11H2,1H3,(H2,20,21,22,24). The zero-order valence-electron chi connectivity index (χ0n) is 13.9. The van der Waals surface area contributed by atoms with Crippen LogP contribution in [0.5, 0.6) is 0 Å². The number of anilines is 1. The highest BCUT2D eigenvalue weighted by Gasteiger charge is 2.15. The van der Waals surface area contributed by atoms with E-state index < -0.39 is 0 Å². The highest BCUT2D eigenvalue weighted by Crippen LogP contribution is 2.22. The van der Waals surface area contributed by atoms with Gasteiger partial charge in [0.25, 0.3) is 0 Å². The summed E-state index contributed by atoms with van der Waals surface area (Å²) in [6.07, 6.45) is 8.29. The number of hydrogen-bond acceptors (Lipinski definition) is 2. The lowest BCUT2D eigenvalue weighted by Gasteiger charge is -2.24. The first-order chi connectivity index (χ1) is 11.6. The Labute approximate surface area is 157 Å². The van der Waals surface area contributed by atoms with Crippen molar-refractivity contribution in [3.05, 3.63) is 46.1 Å². The number of aryl methyl sites for hydroxylation is 1. The van der Waals surface area contributed by atoms with Gasteiger partial charge in [-0.15, -0.1) is 0 Å². The summed E-state index contributed by atoms with van der Waals surface area (Å²) in [5.74, 6) is 0.760. The minimum absolute atomic E-state index is 0.493. The average Bonchev–Trinajstić information content (AvgIpc) is 2.90. The largest absolute Gasteiger partial charge is 0.360 e. The minimum Gasteiger partial charge on any atom is -0.360 e. The van der Waals surface area contributed by atoms with Gasteiger partial charge < -0.3 is 10.6 Å². The highest BCUT2D eigenvalue weighted by atomic mass is 79.9. The van der Waals surface area contributed by atoms with Crippen LogP contribution in [0.1, 0.15) is 43.2 Å². The first-order valence-corrected chi connectivity index (χ1v) is 9.66. The first kappa shape index (κ1) is 17.4. The molecule has 0 atom stereocenters. The summed E-state index contributed by atoms with van der Waals surface area (Å²) in [6, 6.07) is 9.00. The van der Waals surface area contributed by atoms with Gasteiger partial charge in [-0.25, -0.2) is 0 Å². The number of benzene rings is 1. The van der Waals surface area contributed by atoms with Gasteiger partial charge in [-0.1, -0.05) is 49.1 Å². The molecular formula is C18H23BrN4S. The molecule has 24 heavy (non-hydrogen) atoms. The van der Waals surface area contributed by atoms with Gasteiger partial charge in [-0.3, -0.25) is 4.68 Å². The maximum absolute atomic E-state index is 5.44. The van der Waals surface area contributed by atoms with Crippen LogP contribution in [0.4, 0.5) is 5.82 Å². The van der Waals surface area contributed by atoms with Gasteiger partial charge in [-0.2, -0.15) is 5.10 Å². The fourth-order valence-electron chi connectivity index (χ4n) is 3.02. The van der Waals surface area contributed by atoms with Crippen molar-refractivity contribution in [3.63, 3.8) is 0 Å². The Morgan fingerprint density at radius 1 is 1.25 bits per heavy atom. The van der Waals surface area contributed by atoms with Gasteiger partial charge in [-0.05, 0) is 53.5 Å². The van der Waals surface area contributed by atoms with Gasteiger partial charge in [0, 0.05) is 12.2 Å². The molecule has 2 N–H and O–H groups in total. The second-order valence-electron chi connectivity index (χ2n) is 6.44. The van der Waals surface area contributed by atoms with E-state index >= 15 is 0 Å². The van der Waals surface area contributed by atoms with Crippen molar-refractivity contribution in [1.82, 2.24) is 15.1 Å². The van der Waals surface area contributed by atoms with Crippen LogP contribution in [-0.4, -0.2) is 20.9 Å². The van der Waals surface area contributed by atoms with Gasteiger partial charge in [0.15, 0.2) is 10.9 Å². The molecule has 0 spiro atoms. The number of nitrogens with one attached hydrogen (secondary N) is 2. The Morgan fingerprint density at radius 3 is 2.67 bits per heavy atom. The van der Waals surface area contributed by atoms with Crippen LogP contribution >= 0.6 is 28.1 Å². The van der Waals surface area contributed by atoms with Crippen LogP contribution < -0.4 is 10.6 Å². The molecule has 0 unspecified atom stereocenters. The summed E-state index contributed by atoms with van der Waals surface area (Å²) >= 11 is 9.00. The van der Waals surface area contributed by atoms with Crippen molar-refractivity contribution >= 4 is 39.1 Å². The number of aromatic nitrogens is 2. The Balaban J connectivity index is 1.58. The number of halogens is 1. The first-order valence-electron chi connectivity index (χ1n) is 8.46. The maximum Gasteiger partial charge on any atom is 0.172 e. The summed E-state index contributed by atoms with van der Waals surface area (Å²) < 4.78 is 2.84. The summed E-state index contributed by atoms with van der Waals surface area (Å²) in [7, 11) is 0. The van der Waals surface area contributed by atoms with E-state index in [4.69, 9.17) is 12.2 Å². The lowest BCUT2D eigenvalue weighted by atomic mass is 9.96. The van der Waals surface area contributed by atoms with Gasteiger partial charge in [0.2, 0.25) is 0 Å². The number of hydrogen-bond donors (Lipinski definition) is 2. The Morgan fingerprint density at radius 2 is 1.96 bits per heavy atom. The third-order valence-corrected chi connectivity index (χ3v) is 5.15. The molecule has 6 heteroatoms. The molecule has 1 heterocycles. The monoisotopic (exact) mass is 406 g/mol. The van der Waals surface area contributed by atoms with Crippen LogP contribution in [0.3, 0.4) is 0 Å². The van der Waals surface area contributed by atoms with Crippen molar-refractivity contribution < 1.29 is 0 Å². The minimum atomic E-state index is 0.493. The summed E-state index contributed by atoms with van der Waals surface area (Å²) in [6.45, 7) is 2.83. The third kappa shape index (κ3) is 4.80. The molecule has 0 saturated heterocycles. The molecule has 0 amide bonds. The molecule has 0 bridgehead atoms. The molecule has 128 valence electrons. The van der Waals surface area contributed by atoms with E-state index in [1.54, 1.807) is 0 Å². The zero-order chi connectivity index (χ0) is 16.9. The van der Waals surface area contributed by atoms with Gasteiger partial charge in [0.05, 0.1) is 11.0 Å². The third-order valence-electron chi connectivity index (χ3n) is 4.35. The van der Waals surface area contributed by atoms with E-state index in [1.165, 1.54) is 43.2 Å². The Bertz CT molecular complexity index is 690. The lowest BCUT2D eigenvalue weighted by Crippen LogP contribution is -2.39. The Hall–Kier alpha value is -1.40. The molecule has 1 saturated carbocycles. The van der Waals surface area contributed by atoms with E-state index in [0.29, 0.717) is 11.2 Å². The smallest absolute Gasteiger partial charge is 0.172 e. The molecule has 3 rings (SSSR count). The quantitative estimate of drug-likeness (QED) is 0.726. The second kappa shape index (κ2) is 8.12. The average molecular weight is 407 g/mol. The van der Waals surface area contributed by atoms with E-state index in [-0.39, 0.29) is 0 Å². The fraction of sp³-hybridized carbons (Fsp3) is 0.444. The van der Waals surface area contributed by atoms with Crippen molar-refractivity contribution in [2.45, 2.75) is 51.6 Å². The second-order valence-corrected chi connectivity index (χ2v) is 7.70. The van der Waals surface area contributed by atoms with Crippen molar-refractivity contribution in [1.29, 1.82) is 0 Å². The SMILES string of the molecule is Cc1ccc(Cn2cc(Br)c(NC(=S)NC3CCCCC3)n2)cc1. The molecule has 1 aromatic carbocycles. The molecule has 0 radical (unpaired) electrons. The van der Waals surface area contributed by atoms with Crippen LogP contribution in [-0.2, 0) is 6.54 Å². The fourth-order valence-corrected chi connectivity index (χ4v) is 3.70. The topological polar surface area (TPSA) is 41.9 Å². The van der Waals surface area contributed by atoms with E-state index in [9.17, 15) is 0 Å². The van der Waals surface area contributed by atoms with Crippen LogP contribution in [0.25, 0.3) is 0 Å². The number of nitrogens with zero attached hydrogens (tertiary/aromatic N) is 2. The molecule has 1 aliphatic carbocycles. The van der Waals surface area contributed by atoms with E-state index in [1.807, 2.05) is 10.9 Å². The molecule has 2 aromatic rings. The molecule has 1 aromatic heterocycles. The number of rotatable bonds is 4. The predicted molar refractivity (Wildman–Crippen MR) is 106 cm³/mol. The molecule has 4 nitrogen and oxygen atoms in total. The van der Waals surface area contributed by atoms with Crippen molar-refractivity contribution in [3.8, 4) is 0 Å². The van der Waals surface area contributed by atoms with Gasteiger partial charge in [0.1, 0.15) is 0 Å². The molecule has 1 aliphatic rings. The number of thiocarbonyl (C=S) groups is 1. The Kier molecular flexibility index (Phi) is 5.89. The van der Waals surface area contributed by atoms with Crippen LogP contribution in [0, 0.1) is 6.92 Å². The molecular weight excluding hydrogens is 384 g/mol. The maximum atomic E-state index is 5.44. The summed E-state index contributed by atoms with van der Waals surface area (Å²) in [4.78, 5) is 0. The predicted octanol–water partition coefficient (Wildman–Crippen LogP) is 4.62.